The van der Waals surface area contributed by atoms with E-state index in [2.05, 4.69) is 40.7 Å². The van der Waals surface area contributed by atoms with Crippen LogP contribution < -0.4 is 0 Å². The molecule has 2 nitrogen and oxygen atoms in total. The van der Waals surface area contributed by atoms with E-state index in [0.29, 0.717) is 11.8 Å². The first-order chi connectivity index (χ1) is 7.98. The van der Waals surface area contributed by atoms with Crippen LogP contribution in [0, 0.1) is 11.8 Å². The van der Waals surface area contributed by atoms with Crippen molar-refractivity contribution < 1.29 is 9.47 Å². The molecule has 1 fully saturated rings. The molecular formula is C15H26O2. The molecule has 0 N–H and O–H groups in total. The van der Waals surface area contributed by atoms with Crippen LogP contribution >= 0.6 is 0 Å². The molecule has 3 atom stereocenters. The molecule has 1 saturated heterocycles. The fraction of sp³-hybridized carbons (Fsp3) is 0.867. The van der Waals surface area contributed by atoms with Crippen molar-refractivity contribution in [3.8, 4) is 0 Å². The maximum absolute atomic E-state index is 6.38. The lowest BCUT2D eigenvalue weighted by molar-refractivity contribution is -0.116. The standard InChI is InChI=1S/C15H26O2/c1-10(2)14-16-12(5)15(17-14,11(3)4)13-8-6-7-9-13/h8,10-12,14H,6-7,9H2,1-5H3/t12-,14-,15-/m1/s1. The van der Waals surface area contributed by atoms with Gasteiger partial charge in [-0.3, -0.25) is 0 Å². The topological polar surface area (TPSA) is 18.5 Å². The molecular weight excluding hydrogens is 212 g/mol. The number of rotatable bonds is 3. The molecule has 2 heteroatoms. The van der Waals surface area contributed by atoms with Crippen molar-refractivity contribution >= 4 is 0 Å². The normalized spacial score (nSPS) is 38.2. The molecule has 0 radical (unpaired) electrons. The van der Waals surface area contributed by atoms with Crippen LogP contribution in [0.25, 0.3) is 0 Å². The van der Waals surface area contributed by atoms with Gasteiger partial charge >= 0.3 is 0 Å². The van der Waals surface area contributed by atoms with Crippen LogP contribution in [0.4, 0.5) is 0 Å². The Morgan fingerprint density at radius 2 is 2.00 bits per heavy atom. The Hall–Kier alpha value is -0.340. The molecule has 1 heterocycles. The van der Waals surface area contributed by atoms with Gasteiger partial charge in [0.15, 0.2) is 6.29 Å². The van der Waals surface area contributed by atoms with Crippen LogP contribution in [0.5, 0.6) is 0 Å². The Balaban J connectivity index is 2.29. The first kappa shape index (κ1) is 13.1. The highest BCUT2D eigenvalue weighted by Gasteiger charge is 2.52. The second-order valence-electron chi connectivity index (χ2n) is 6.08. The predicted octanol–water partition coefficient (Wildman–Crippen LogP) is 3.91. The van der Waals surface area contributed by atoms with E-state index in [0.717, 1.165) is 0 Å². The summed E-state index contributed by atoms with van der Waals surface area (Å²) in [7, 11) is 0. The summed E-state index contributed by atoms with van der Waals surface area (Å²) in [5.74, 6) is 0.880. The third kappa shape index (κ3) is 2.06. The van der Waals surface area contributed by atoms with Crippen molar-refractivity contribution in [2.45, 2.75) is 71.9 Å². The zero-order valence-corrected chi connectivity index (χ0v) is 11.8. The summed E-state index contributed by atoms with van der Waals surface area (Å²) in [6.07, 6.45) is 6.14. The third-order valence-corrected chi connectivity index (χ3v) is 4.20. The van der Waals surface area contributed by atoms with E-state index < -0.39 is 0 Å². The van der Waals surface area contributed by atoms with Gasteiger partial charge in [0, 0.05) is 5.92 Å². The summed E-state index contributed by atoms with van der Waals surface area (Å²) < 4.78 is 12.4. The van der Waals surface area contributed by atoms with Crippen molar-refractivity contribution in [2.75, 3.05) is 0 Å². The molecule has 0 aromatic carbocycles. The van der Waals surface area contributed by atoms with Gasteiger partial charge in [0.05, 0.1) is 6.10 Å². The second kappa shape index (κ2) is 4.74. The van der Waals surface area contributed by atoms with Gasteiger partial charge < -0.3 is 9.47 Å². The fourth-order valence-corrected chi connectivity index (χ4v) is 3.25. The molecule has 0 aromatic heterocycles. The lowest BCUT2D eigenvalue weighted by Gasteiger charge is -2.37. The number of hydrogen-bond acceptors (Lipinski definition) is 2. The molecule has 98 valence electrons. The first-order valence-corrected chi connectivity index (χ1v) is 7.01. The van der Waals surface area contributed by atoms with Crippen molar-refractivity contribution in [3.05, 3.63) is 11.6 Å². The Labute approximate surface area is 105 Å². The van der Waals surface area contributed by atoms with E-state index in [4.69, 9.17) is 9.47 Å². The summed E-state index contributed by atoms with van der Waals surface area (Å²) >= 11 is 0. The maximum atomic E-state index is 6.38. The van der Waals surface area contributed by atoms with Gasteiger partial charge in [-0.25, -0.2) is 0 Å². The minimum atomic E-state index is -0.175. The Kier molecular flexibility index (Phi) is 3.65. The van der Waals surface area contributed by atoms with Crippen LogP contribution in [0.3, 0.4) is 0 Å². The average molecular weight is 238 g/mol. The van der Waals surface area contributed by atoms with E-state index >= 15 is 0 Å². The molecule has 17 heavy (non-hydrogen) atoms. The van der Waals surface area contributed by atoms with Crippen molar-refractivity contribution in [1.82, 2.24) is 0 Å². The van der Waals surface area contributed by atoms with Crippen LogP contribution in [0.2, 0.25) is 0 Å². The molecule has 2 rings (SSSR count). The largest absolute Gasteiger partial charge is 0.346 e. The van der Waals surface area contributed by atoms with E-state index in [1.807, 2.05) is 0 Å². The zero-order valence-electron chi connectivity index (χ0n) is 11.8. The van der Waals surface area contributed by atoms with E-state index in [9.17, 15) is 0 Å². The maximum Gasteiger partial charge on any atom is 0.161 e. The van der Waals surface area contributed by atoms with Crippen LogP contribution in [-0.2, 0) is 9.47 Å². The van der Waals surface area contributed by atoms with E-state index in [-0.39, 0.29) is 18.0 Å². The minimum Gasteiger partial charge on any atom is -0.346 e. The van der Waals surface area contributed by atoms with E-state index in [1.165, 1.54) is 24.8 Å². The number of allylic oxidation sites excluding steroid dienone is 1. The molecule has 0 saturated carbocycles. The fourth-order valence-electron chi connectivity index (χ4n) is 3.25. The molecule has 1 aliphatic carbocycles. The highest BCUT2D eigenvalue weighted by Crippen LogP contribution is 2.46. The quantitative estimate of drug-likeness (QED) is 0.694. The molecule has 2 aliphatic rings. The van der Waals surface area contributed by atoms with Crippen molar-refractivity contribution in [3.63, 3.8) is 0 Å². The van der Waals surface area contributed by atoms with Crippen molar-refractivity contribution in [2.24, 2.45) is 11.8 Å². The highest BCUT2D eigenvalue weighted by molar-refractivity contribution is 5.25. The number of ether oxygens (including phenoxy) is 2. The van der Waals surface area contributed by atoms with Crippen LogP contribution in [0.1, 0.15) is 53.9 Å². The van der Waals surface area contributed by atoms with Gasteiger partial charge in [-0.2, -0.15) is 0 Å². The highest BCUT2D eigenvalue weighted by atomic mass is 16.7. The predicted molar refractivity (Wildman–Crippen MR) is 69.8 cm³/mol. The molecule has 0 spiro atoms. The van der Waals surface area contributed by atoms with Crippen LogP contribution in [-0.4, -0.2) is 18.0 Å². The average Bonchev–Trinajstić information content (AvgIpc) is 2.84. The van der Waals surface area contributed by atoms with Crippen LogP contribution in [0.15, 0.2) is 11.6 Å². The monoisotopic (exact) mass is 238 g/mol. The summed E-state index contributed by atoms with van der Waals surface area (Å²) in [4.78, 5) is 0. The van der Waals surface area contributed by atoms with Crippen molar-refractivity contribution in [1.29, 1.82) is 0 Å². The lowest BCUT2D eigenvalue weighted by Crippen LogP contribution is -2.45. The van der Waals surface area contributed by atoms with Gasteiger partial charge in [-0.05, 0) is 37.7 Å². The lowest BCUT2D eigenvalue weighted by atomic mass is 9.78. The Bertz CT molecular complexity index is 306. The summed E-state index contributed by atoms with van der Waals surface area (Å²) in [5, 5.41) is 0. The van der Waals surface area contributed by atoms with E-state index in [1.54, 1.807) is 0 Å². The minimum absolute atomic E-state index is 0.0473. The summed E-state index contributed by atoms with van der Waals surface area (Å²) in [6.45, 7) is 11.0. The second-order valence-corrected chi connectivity index (χ2v) is 6.08. The molecule has 0 aromatic rings. The van der Waals surface area contributed by atoms with Gasteiger partial charge in [0.1, 0.15) is 5.60 Å². The van der Waals surface area contributed by atoms with Gasteiger partial charge in [-0.1, -0.05) is 33.8 Å². The smallest absolute Gasteiger partial charge is 0.161 e. The first-order valence-electron chi connectivity index (χ1n) is 7.01. The van der Waals surface area contributed by atoms with Gasteiger partial charge in [0.25, 0.3) is 0 Å². The molecule has 0 unspecified atom stereocenters. The third-order valence-electron chi connectivity index (χ3n) is 4.20. The molecule has 0 bridgehead atoms. The summed E-state index contributed by atoms with van der Waals surface area (Å²) in [5.41, 5.74) is 1.30. The molecule has 1 aliphatic heterocycles. The van der Waals surface area contributed by atoms with Gasteiger partial charge in [0.2, 0.25) is 0 Å². The SMILES string of the molecule is CC(C)[C@@H]1O[C@H](C)[C@@](C2=CCCC2)(C(C)C)O1. The Morgan fingerprint density at radius 1 is 1.29 bits per heavy atom. The zero-order chi connectivity index (χ0) is 12.6. The summed E-state index contributed by atoms with van der Waals surface area (Å²) in [6, 6.07) is 0. The number of hydrogen-bond donors (Lipinski definition) is 0. The van der Waals surface area contributed by atoms with Gasteiger partial charge in [-0.15, -0.1) is 0 Å². The Morgan fingerprint density at radius 3 is 2.41 bits per heavy atom. The molecule has 0 amide bonds.